The van der Waals surface area contributed by atoms with E-state index < -0.39 is 0 Å². The zero-order valence-electron chi connectivity index (χ0n) is 12.8. The van der Waals surface area contributed by atoms with E-state index in [-0.39, 0.29) is 0 Å². The van der Waals surface area contributed by atoms with Crippen molar-refractivity contribution in [1.29, 1.82) is 0 Å². The van der Waals surface area contributed by atoms with Crippen LogP contribution in [0.25, 0.3) is 16.9 Å². The van der Waals surface area contributed by atoms with Gasteiger partial charge in [-0.3, -0.25) is 9.55 Å². The van der Waals surface area contributed by atoms with Crippen molar-refractivity contribution < 1.29 is 0 Å². The Bertz CT molecular complexity index is 957. The first-order valence-electron chi connectivity index (χ1n) is 7.60. The van der Waals surface area contributed by atoms with Crippen LogP contribution in [0.15, 0.2) is 67.1 Å². The highest BCUT2D eigenvalue weighted by Gasteiger charge is 2.14. The van der Waals surface area contributed by atoms with Crippen molar-refractivity contribution in [3.05, 3.63) is 84.1 Å². The van der Waals surface area contributed by atoms with Crippen LogP contribution in [0.3, 0.4) is 0 Å². The van der Waals surface area contributed by atoms with Crippen molar-refractivity contribution in [3.8, 4) is 5.69 Å². The van der Waals surface area contributed by atoms with E-state index in [0.29, 0.717) is 0 Å². The van der Waals surface area contributed by atoms with Gasteiger partial charge in [-0.25, -0.2) is 9.97 Å². The third-order valence-corrected chi connectivity index (χ3v) is 4.02. The van der Waals surface area contributed by atoms with Gasteiger partial charge in [0, 0.05) is 25.0 Å². The lowest BCUT2D eigenvalue weighted by Crippen LogP contribution is -2.04. The highest BCUT2D eigenvalue weighted by molar-refractivity contribution is 5.73. The summed E-state index contributed by atoms with van der Waals surface area (Å²) in [5.41, 5.74) is 5.37. The van der Waals surface area contributed by atoms with Gasteiger partial charge >= 0.3 is 0 Å². The molecular weight excluding hydrogens is 284 g/mol. The number of fused-ring (bicyclic) bond motifs is 1. The van der Waals surface area contributed by atoms with Gasteiger partial charge in [-0.05, 0) is 42.3 Å². The van der Waals surface area contributed by atoms with E-state index >= 15 is 0 Å². The fourth-order valence-electron chi connectivity index (χ4n) is 2.82. The Balaban J connectivity index is 1.91. The van der Waals surface area contributed by atoms with Gasteiger partial charge < -0.3 is 0 Å². The predicted molar refractivity (Wildman–Crippen MR) is 90.6 cm³/mol. The maximum atomic E-state index is 4.81. The van der Waals surface area contributed by atoms with Crippen molar-refractivity contribution >= 4 is 11.2 Å². The number of hydrogen-bond acceptors (Lipinski definition) is 3. The molecule has 0 aliphatic rings. The van der Waals surface area contributed by atoms with Crippen molar-refractivity contribution in [2.45, 2.75) is 13.3 Å². The Hall–Kier alpha value is -3.01. The summed E-state index contributed by atoms with van der Waals surface area (Å²) in [4.78, 5) is 13.4. The maximum Gasteiger partial charge on any atom is 0.164 e. The summed E-state index contributed by atoms with van der Waals surface area (Å²) in [7, 11) is 0. The Kier molecular flexibility index (Phi) is 3.35. The smallest absolute Gasteiger partial charge is 0.164 e. The zero-order chi connectivity index (χ0) is 15.6. The second-order valence-electron chi connectivity index (χ2n) is 5.52. The molecule has 3 aromatic heterocycles. The van der Waals surface area contributed by atoms with Crippen LogP contribution < -0.4 is 0 Å². The first kappa shape index (κ1) is 13.6. The molecule has 0 radical (unpaired) electrons. The third-order valence-electron chi connectivity index (χ3n) is 4.02. The molecule has 0 saturated heterocycles. The lowest BCUT2D eigenvalue weighted by atomic mass is 10.1. The first-order valence-corrected chi connectivity index (χ1v) is 7.60. The van der Waals surface area contributed by atoms with Crippen molar-refractivity contribution in [2.75, 3.05) is 0 Å². The van der Waals surface area contributed by atoms with Gasteiger partial charge in [0.15, 0.2) is 5.65 Å². The van der Waals surface area contributed by atoms with Crippen LogP contribution >= 0.6 is 0 Å². The van der Waals surface area contributed by atoms with Gasteiger partial charge in [0.05, 0.1) is 5.69 Å². The fraction of sp³-hybridized carbons (Fsp3) is 0.105. The Labute approximate surface area is 134 Å². The summed E-state index contributed by atoms with van der Waals surface area (Å²) in [6.45, 7) is 2.13. The second-order valence-corrected chi connectivity index (χ2v) is 5.52. The largest absolute Gasteiger partial charge is 0.280 e. The van der Waals surface area contributed by atoms with E-state index in [4.69, 9.17) is 4.98 Å². The van der Waals surface area contributed by atoms with Gasteiger partial charge in [0.2, 0.25) is 0 Å². The van der Waals surface area contributed by atoms with Crippen LogP contribution in [0.2, 0.25) is 0 Å². The molecule has 4 nitrogen and oxygen atoms in total. The highest BCUT2D eigenvalue weighted by Crippen LogP contribution is 2.22. The molecule has 1 aromatic carbocycles. The molecular formula is C19H16N4. The topological polar surface area (TPSA) is 43.6 Å². The summed E-state index contributed by atoms with van der Waals surface area (Å²) in [5.74, 6) is 0.985. The summed E-state index contributed by atoms with van der Waals surface area (Å²) >= 11 is 0. The maximum absolute atomic E-state index is 4.81. The molecule has 4 aromatic rings. The number of benzene rings is 1. The van der Waals surface area contributed by atoms with Gasteiger partial charge in [0.1, 0.15) is 11.3 Å². The van der Waals surface area contributed by atoms with E-state index in [1.807, 2.05) is 24.3 Å². The number of aromatic nitrogens is 4. The molecule has 3 heterocycles. The number of aryl methyl sites for hydroxylation is 1. The number of pyridine rings is 2. The molecule has 0 saturated carbocycles. The monoisotopic (exact) mass is 300 g/mol. The lowest BCUT2D eigenvalue weighted by molar-refractivity contribution is 0.917. The molecule has 112 valence electrons. The molecule has 0 unspecified atom stereocenters. The van der Waals surface area contributed by atoms with Crippen molar-refractivity contribution in [2.24, 2.45) is 0 Å². The number of hydrogen-bond donors (Lipinski definition) is 0. The molecule has 0 N–H and O–H groups in total. The number of nitrogens with zero attached hydrogens (tertiary/aromatic N) is 4. The van der Waals surface area contributed by atoms with Crippen LogP contribution in [0.1, 0.15) is 17.0 Å². The first-order chi connectivity index (χ1) is 11.3. The Morgan fingerprint density at radius 3 is 2.57 bits per heavy atom. The standard InChI is InChI=1S/C19H16N4/c1-14-5-2-3-6-15(14)13-18-22-17-7-4-10-21-19(17)23(18)16-8-11-20-12-9-16/h2-12H,13H2,1H3. The van der Waals surface area contributed by atoms with Crippen LogP contribution in [0.5, 0.6) is 0 Å². The summed E-state index contributed by atoms with van der Waals surface area (Å²) < 4.78 is 2.11. The average Bonchev–Trinajstić information content (AvgIpc) is 2.95. The Morgan fingerprint density at radius 2 is 1.74 bits per heavy atom. The summed E-state index contributed by atoms with van der Waals surface area (Å²) in [6.07, 6.45) is 6.16. The van der Waals surface area contributed by atoms with Gasteiger partial charge in [-0.2, -0.15) is 0 Å². The minimum Gasteiger partial charge on any atom is -0.280 e. The molecule has 4 rings (SSSR count). The van der Waals surface area contributed by atoms with E-state index in [0.717, 1.165) is 29.1 Å². The fourth-order valence-corrected chi connectivity index (χ4v) is 2.82. The normalized spacial score (nSPS) is 11.0. The van der Waals surface area contributed by atoms with Gasteiger partial charge in [0.25, 0.3) is 0 Å². The molecule has 23 heavy (non-hydrogen) atoms. The van der Waals surface area contributed by atoms with Crippen LogP contribution in [-0.2, 0) is 6.42 Å². The van der Waals surface area contributed by atoms with Crippen LogP contribution in [0.4, 0.5) is 0 Å². The molecule has 0 amide bonds. The highest BCUT2D eigenvalue weighted by atomic mass is 15.1. The molecule has 0 atom stereocenters. The van der Waals surface area contributed by atoms with E-state index in [9.17, 15) is 0 Å². The van der Waals surface area contributed by atoms with Crippen LogP contribution in [0, 0.1) is 6.92 Å². The van der Waals surface area contributed by atoms with E-state index in [1.165, 1.54) is 11.1 Å². The molecule has 4 heteroatoms. The van der Waals surface area contributed by atoms with Gasteiger partial charge in [-0.15, -0.1) is 0 Å². The lowest BCUT2D eigenvalue weighted by Gasteiger charge is -2.09. The zero-order valence-corrected chi connectivity index (χ0v) is 12.8. The molecule has 0 fully saturated rings. The SMILES string of the molecule is Cc1ccccc1Cc1nc2cccnc2n1-c1ccncc1. The minimum atomic E-state index is 0.769. The predicted octanol–water partition coefficient (Wildman–Crippen LogP) is 3.71. The van der Waals surface area contributed by atoms with Crippen molar-refractivity contribution in [1.82, 2.24) is 19.5 Å². The number of rotatable bonds is 3. The second kappa shape index (κ2) is 5.65. The third kappa shape index (κ3) is 2.48. The van der Waals surface area contributed by atoms with Gasteiger partial charge in [-0.1, -0.05) is 24.3 Å². The molecule has 0 spiro atoms. The quantitative estimate of drug-likeness (QED) is 0.579. The summed E-state index contributed by atoms with van der Waals surface area (Å²) in [6, 6.07) is 16.3. The Morgan fingerprint density at radius 1 is 0.913 bits per heavy atom. The summed E-state index contributed by atoms with van der Waals surface area (Å²) in [5, 5.41) is 0. The van der Waals surface area contributed by atoms with Crippen molar-refractivity contribution in [3.63, 3.8) is 0 Å². The van der Waals surface area contributed by atoms with Crippen LogP contribution in [-0.4, -0.2) is 19.5 Å². The minimum absolute atomic E-state index is 0.769. The molecule has 0 bridgehead atoms. The van der Waals surface area contributed by atoms with E-state index in [1.54, 1.807) is 18.6 Å². The van der Waals surface area contributed by atoms with E-state index in [2.05, 4.69) is 45.7 Å². The molecule has 0 aliphatic carbocycles. The average molecular weight is 300 g/mol. The molecule has 0 aliphatic heterocycles. The number of imidazole rings is 1.